The molecule has 0 bridgehead atoms. The third kappa shape index (κ3) is 9.59. The quantitative estimate of drug-likeness (QED) is 0.151. The summed E-state index contributed by atoms with van der Waals surface area (Å²) in [6.45, 7) is 9.62. The van der Waals surface area contributed by atoms with Crippen LogP contribution in [0.1, 0.15) is 55.4 Å². The summed E-state index contributed by atoms with van der Waals surface area (Å²) in [6, 6.07) is 22.5. The molecule has 0 radical (unpaired) electrons. The maximum Gasteiger partial charge on any atom is 0.416 e. The maximum atomic E-state index is 13.9. The number of amides is 1. The van der Waals surface area contributed by atoms with Gasteiger partial charge in [0.2, 0.25) is 5.91 Å². The first-order valence-corrected chi connectivity index (χ1v) is 15.9. The number of halogens is 3. The minimum atomic E-state index is -4.38. The van der Waals surface area contributed by atoms with Crippen molar-refractivity contribution < 1.29 is 18.0 Å². The van der Waals surface area contributed by atoms with Crippen LogP contribution < -0.4 is 5.56 Å². The summed E-state index contributed by atoms with van der Waals surface area (Å²) < 4.78 is 40.6. The van der Waals surface area contributed by atoms with Gasteiger partial charge in [0.15, 0.2) is 0 Å². The van der Waals surface area contributed by atoms with Gasteiger partial charge in [-0.2, -0.15) is 23.3 Å². The normalized spacial score (nSPS) is 11.6. The fourth-order valence-corrected chi connectivity index (χ4v) is 5.34. The Morgan fingerprint density at radius 3 is 2.02 bits per heavy atom. The zero-order valence-corrected chi connectivity index (χ0v) is 26.8. The molecule has 0 N–H and O–H groups in total. The zero-order chi connectivity index (χ0) is 33.1. The van der Waals surface area contributed by atoms with E-state index >= 15 is 0 Å². The number of hydrogen-bond donors (Lipinski definition) is 0. The Hall–Kier alpha value is -4.31. The molecule has 3 aromatic carbocycles. The average Bonchev–Trinajstić information content (AvgIpc) is 3.06. The van der Waals surface area contributed by atoms with Crippen LogP contribution in [0.5, 0.6) is 0 Å². The highest BCUT2D eigenvalue weighted by molar-refractivity contribution is 5.76. The van der Waals surface area contributed by atoms with Gasteiger partial charge in [0, 0.05) is 19.5 Å². The van der Waals surface area contributed by atoms with Crippen LogP contribution in [-0.4, -0.2) is 56.7 Å². The Morgan fingerprint density at radius 2 is 1.43 bits per heavy atom. The van der Waals surface area contributed by atoms with Crippen LogP contribution in [0.25, 0.3) is 11.1 Å². The first-order chi connectivity index (χ1) is 22.1. The number of rotatable bonds is 15. The number of nitrogens with zero attached hydrogens (tertiary/aromatic N) is 5. The Balaban J connectivity index is 1.54. The molecule has 10 heteroatoms. The highest BCUT2D eigenvalue weighted by Gasteiger charge is 2.30. The average molecular weight is 634 g/mol. The molecule has 0 saturated heterocycles. The minimum absolute atomic E-state index is 0.0424. The lowest BCUT2D eigenvalue weighted by Gasteiger charge is -2.26. The number of aromatic nitrogens is 3. The molecule has 0 saturated carbocycles. The van der Waals surface area contributed by atoms with E-state index in [2.05, 4.69) is 28.8 Å². The number of aryl methyl sites for hydroxylation is 3. The van der Waals surface area contributed by atoms with Crippen LogP contribution >= 0.6 is 0 Å². The molecule has 4 aromatic rings. The number of benzene rings is 3. The summed E-state index contributed by atoms with van der Waals surface area (Å²) in [6.07, 6.45) is -2.05. The molecule has 46 heavy (non-hydrogen) atoms. The highest BCUT2D eigenvalue weighted by Crippen LogP contribution is 2.31. The second-order valence-corrected chi connectivity index (χ2v) is 11.2. The topological polar surface area (TPSA) is 71.3 Å². The summed E-state index contributed by atoms with van der Waals surface area (Å²) in [4.78, 5) is 35.0. The molecule has 0 atom stereocenters. The van der Waals surface area contributed by atoms with Crippen molar-refractivity contribution in [2.24, 2.45) is 0 Å². The van der Waals surface area contributed by atoms with Gasteiger partial charge < -0.3 is 9.80 Å². The molecule has 0 aliphatic heterocycles. The van der Waals surface area contributed by atoms with E-state index in [0.29, 0.717) is 49.4 Å². The lowest BCUT2D eigenvalue weighted by Crippen LogP contribution is -2.38. The van der Waals surface area contributed by atoms with Crippen molar-refractivity contribution in [1.82, 2.24) is 24.6 Å². The summed E-state index contributed by atoms with van der Waals surface area (Å²) in [5, 5.41) is 4.55. The second-order valence-electron chi connectivity index (χ2n) is 11.2. The fourth-order valence-electron chi connectivity index (χ4n) is 5.34. The Morgan fingerprint density at radius 1 is 0.804 bits per heavy atom. The molecule has 1 heterocycles. The monoisotopic (exact) mass is 633 g/mol. The van der Waals surface area contributed by atoms with E-state index < -0.39 is 11.7 Å². The van der Waals surface area contributed by atoms with E-state index in [1.165, 1.54) is 12.1 Å². The molecule has 0 aliphatic rings. The van der Waals surface area contributed by atoms with Gasteiger partial charge in [0.25, 0.3) is 5.56 Å². The van der Waals surface area contributed by atoms with Gasteiger partial charge >= 0.3 is 6.18 Å². The van der Waals surface area contributed by atoms with Crippen LogP contribution in [0.4, 0.5) is 13.2 Å². The Labute approximate surface area is 268 Å². The number of alkyl halides is 3. The number of carbonyl (C=O) groups is 1. The smallest absolute Gasteiger partial charge is 0.337 e. The summed E-state index contributed by atoms with van der Waals surface area (Å²) in [5.74, 6) is 0.343. The van der Waals surface area contributed by atoms with Gasteiger partial charge in [0.1, 0.15) is 18.1 Å². The van der Waals surface area contributed by atoms with Crippen LogP contribution in [0.2, 0.25) is 0 Å². The Bertz CT molecular complexity index is 1600. The molecule has 0 fully saturated rings. The molecule has 1 aromatic heterocycles. The summed E-state index contributed by atoms with van der Waals surface area (Å²) in [7, 11) is 0. The van der Waals surface area contributed by atoms with Crippen molar-refractivity contribution in [2.45, 2.75) is 65.7 Å². The van der Waals surface area contributed by atoms with E-state index in [0.717, 1.165) is 54.9 Å². The van der Waals surface area contributed by atoms with Crippen LogP contribution in [-0.2, 0) is 43.3 Å². The van der Waals surface area contributed by atoms with E-state index in [1.54, 1.807) is 4.68 Å². The van der Waals surface area contributed by atoms with E-state index in [-0.39, 0.29) is 18.0 Å². The van der Waals surface area contributed by atoms with Gasteiger partial charge in [-0.3, -0.25) is 9.59 Å². The van der Waals surface area contributed by atoms with Crippen molar-refractivity contribution in [1.29, 1.82) is 0 Å². The van der Waals surface area contributed by atoms with Crippen molar-refractivity contribution >= 4 is 5.91 Å². The third-order valence-corrected chi connectivity index (χ3v) is 8.14. The van der Waals surface area contributed by atoms with Crippen molar-refractivity contribution in [3.05, 3.63) is 117 Å². The van der Waals surface area contributed by atoms with Crippen LogP contribution in [0.3, 0.4) is 0 Å². The molecule has 7 nitrogen and oxygen atoms in total. The summed E-state index contributed by atoms with van der Waals surface area (Å²) in [5.41, 5.74) is 2.74. The molecule has 0 spiro atoms. The van der Waals surface area contributed by atoms with Crippen molar-refractivity contribution in [2.75, 3.05) is 26.2 Å². The molecule has 244 valence electrons. The third-order valence-electron chi connectivity index (χ3n) is 8.14. The van der Waals surface area contributed by atoms with Gasteiger partial charge in [-0.25, -0.2) is 4.68 Å². The first kappa shape index (κ1) is 34.6. The molecule has 0 unspecified atom stereocenters. The molecular weight excluding hydrogens is 591 g/mol. The SMILES string of the molecule is CCc1nn(CC(=O)N(CCCN(CC)CC)Cc2ccc(-c3ccc(C(F)(F)F)cc3)cc2)c(CCc2ccccc2)nc1=O. The van der Waals surface area contributed by atoms with E-state index in [1.807, 2.05) is 66.4 Å². The Kier molecular flexibility index (Phi) is 12.3. The molecular formula is C36H42F3N5O2. The number of hydrogen-bond acceptors (Lipinski definition) is 5. The number of carbonyl (C=O) groups excluding carboxylic acids is 1. The fraction of sp³-hybridized carbons (Fsp3) is 0.389. The standard InChI is InChI=1S/C36H42F3N5O2/c1-4-32-35(46)40-33(22-15-27-11-8-7-9-12-27)44(41-32)26-34(45)43(24-10-23-42(5-2)6-3)25-28-13-16-29(17-14-28)30-18-20-31(21-19-30)36(37,38)39/h7-9,11-14,16-21H,4-6,10,15,22-26H2,1-3H3. The van der Waals surface area contributed by atoms with Crippen molar-refractivity contribution in [3.8, 4) is 11.1 Å². The lowest BCUT2D eigenvalue weighted by molar-refractivity contribution is -0.137. The van der Waals surface area contributed by atoms with E-state index in [4.69, 9.17) is 0 Å². The van der Waals surface area contributed by atoms with Crippen LogP contribution in [0, 0.1) is 0 Å². The van der Waals surface area contributed by atoms with Gasteiger partial charge in [-0.05, 0) is 73.3 Å². The lowest BCUT2D eigenvalue weighted by atomic mass is 10.0. The molecule has 0 aliphatic carbocycles. The van der Waals surface area contributed by atoms with E-state index in [9.17, 15) is 22.8 Å². The van der Waals surface area contributed by atoms with Crippen LogP contribution in [0.15, 0.2) is 83.7 Å². The van der Waals surface area contributed by atoms with Gasteiger partial charge in [-0.1, -0.05) is 87.5 Å². The minimum Gasteiger partial charge on any atom is -0.337 e. The van der Waals surface area contributed by atoms with Gasteiger partial charge in [0.05, 0.1) is 5.56 Å². The van der Waals surface area contributed by atoms with Gasteiger partial charge in [-0.15, -0.1) is 0 Å². The highest BCUT2D eigenvalue weighted by atomic mass is 19.4. The zero-order valence-electron chi connectivity index (χ0n) is 26.8. The summed E-state index contributed by atoms with van der Waals surface area (Å²) >= 11 is 0. The molecule has 4 rings (SSSR count). The maximum absolute atomic E-state index is 13.9. The molecule has 1 amide bonds. The first-order valence-electron chi connectivity index (χ1n) is 15.9. The predicted octanol–water partition coefficient (Wildman–Crippen LogP) is 6.43. The predicted molar refractivity (Wildman–Crippen MR) is 174 cm³/mol. The van der Waals surface area contributed by atoms with Crippen molar-refractivity contribution in [3.63, 3.8) is 0 Å². The largest absolute Gasteiger partial charge is 0.416 e. The second kappa shape index (κ2) is 16.3.